The molecule has 0 N–H and O–H groups in total. The van der Waals surface area contributed by atoms with E-state index in [9.17, 15) is 9.59 Å². The summed E-state index contributed by atoms with van der Waals surface area (Å²) in [4.78, 5) is 29.4. The predicted octanol–water partition coefficient (Wildman–Crippen LogP) is 0.407. The van der Waals surface area contributed by atoms with E-state index in [0.717, 1.165) is 32.7 Å². The van der Waals surface area contributed by atoms with Crippen LogP contribution in [-0.2, 0) is 9.59 Å². The molecular weight excluding hydrogens is 230 g/mol. The Morgan fingerprint density at radius 2 is 1.72 bits per heavy atom. The van der Waals surface area contributed by atoms with Crippen LogP contribution in [-0.4, -0.2) is 71.8 Å². The number of nitrogens with zero attached hydrogens (tertiary/aromatic N) is 3. The topological polar surface area (TPSA) is 43.9 Å². The quantitative estimate of drug-likeness (QED) is 0.731. The number of carbonyl (C=O) groups excluding carboxylic acids is 2. The Kier molecular flexibility index (Phi) is 5.59. The van der Waals surface area contributed by atoms with Gasteiger partial charge in [-0.15, -0.1) is 0 Å². The smallest absolute Gasteiger partial charge is 0.242 e. The Bertz CT molecular complexity index is 297. The summed E-state index contributed by atoms with van der Waals surface area (Å²) >= 11 is 0. The highest BCUT2D eigenvalue weighted by Gasteiger charge is 2.23. The Hall–Kier alpha value is -1.10. The number of likely N-dealkylation sites (N-methyl/N-ethyl adjacent to an activating group) is 1. The van der Waals surface area contributed by atoms with Crippen LogP contribution in [0.4, 0.5) is 0 Å². The van der Waals surface area contributed by atoms with Gasteiger partial charge in [-0.3, -0.25) is 9.59 Å². The lowest BCUT2D eigenvalue weighted by molar-refractivity contribution is -0.141. The number of carbonyl (C=O) groups is 2. The summed E-state index contributed by atoms with van der Waals surface area (Å²) in [5.74, 6) is 0.0280. The average molecular weight is 255 g/mol. The van der Waals surface area contributed by atoms with Crippen molar-refractivity contribution in [2.45, 2.75) is 33.7 Å². The summed E-state index contributed by atoms with van der Waals surface area (Å²) in [6, 6.07) is 0.0726. The van der Waals surface area contributed by atoms with Crippen molar-refractivity contribution < 1.29 is 9.59 Å². The van der Waals surface area contributed by atoms with Gasteiger partial charge in [0.2, 0.25) is 11.8 Å². The zero-order valence-electron chi connectivity index (χ0n) is 12.0. The van der Waals surface area contributed by atoms with Gasteiger partial charge in [-0.1, -0.05) is 6.92 Å². The van der Waals surface area contributed by atoms with E-state index >= 15 is 0 Å². The molecule has 1 rings (SSSR count). The van der Waals surface area contributed by atoms with Crippen LogP contribution in [0.3, 0.4) is 0 Å². The first kappa shape index (κ1) is 15.0. The second kappa shape index (κ2) is 6.73. The molecular formula is C13H25N3O2. The van der Waals surface area contributed by atoms with Crippen LogP contribution in [0.5, 0.6) is 0 Å². The van der Waals surface area contributed by atoms with Crippen molar-refractivity contribution in [3.63, 3.8) is 0 Å². The minimum atomic E-state index is -0.0365. The number of piperazine rings is 1. The number of hydrogen-bond acceptors (Lipinski definition) is 3. The first-order chi connectivity index (χ1) is 8.45. The summed E-state index contributed by atoms with van der Waals surface area (Å²) in [7, 11) is 0. The minimum Gasteiger partial charge on any atom is -0.339 e. The van der Waals surface area contributed by atoms with Crippen molar-refractivity contribution in [3.05, 3.63) is 0 Å². The summed E-state index contributed by atoms with van der Waals surface area (Å²) in [5, 5.41) is 0. The molecule has 1 saturated heterocycles. The van der Waals surface area contributed by atoms with Gasteiger partial charge in [0, 0.05) is 39.1 Å². The lowest BCUT2D eigenvalue weighted by Crippen LogP contribution is -2.52. The molecule has 0 saturated carbocycles. The highest BCUT2D eigenvalue weighted by Crippen LogP contribution is 2.05. The molecule has 0 unspecified atom stereocenters. The van der Waals surface area contributed by atoms with Crippen molar-refractivity contribution >= 4 is 11.8 Å². The van der Waals surface area contributed by atoms with Gasteiger partial charge in [0.1, 0.15) is 0 Å². The van der Waals surface area contributed by atoms with Gasteiger partial charge in [0.25, 0.3) is 0 Å². The zero-order chi connectivity index (χ0) is 13.7. The van der Waals surface area contributed by atoms with Crippen LogP contribution in [0.25, 0.3) is 0 Å². The monoisotopic (exact) mass is 255 g/mol. The van der Waals surface area contributed by atoms with Crippen LogP contribution in [0, 0.1) is 0 Å². The van der Waals surface area contributed by atoms with Gasteiger partial charge in [-0.25, -0.2) is 0 Å². The maximum absolute atomic E-state index is 12.1. The summed E-state index contributed by atoms with van der Waals surface area (Å²) in [6.07, 6.45) is 0. The largest absolute Gasteiger partial charge is 0.339 e. The van der Waals surface area contributed by atoms with E-state index in [0.29, 0.717) is 0 Å². The Labute approximate surface area is 110 Å². The third-order valence-electron chi connectivity index (χ3n) is 3.51. The first-order valence-corrected chi connectivity index (χ1v) is 6.73. The van der Waals surface area contributed by atoms with E-state index in [1.807, 2.05) is 18.7 Å². The fourth-order valence-corrected chi connectivity index (χ4v) is 2.22. The molecule has 2 amide bonds. The molecule has 0 atom stereocenters. The van der Waals surface area contributed by atoms with Crippen molar-refractivity contribution in [1.82, 2.24) is 14.7 Å². The molecule has 5 nitrogen and oxygen atoms in total. The lowest BCUT2D eigenvalue weighted by atomic mass is 10.2. The standard InChI is InChI=1S/C13H25N3O2/c1-5-14-6-8-15(9-7-14)13(18)10-16(11(2)3)12(4)17/h11H,5-10H2,1-4H3. The van der Waals surface area contributed by atoms with Gasteiger partial charge >= 0.3 is 0 Å². The molecule has 0 radical (unpaired) electrons. The molecule has 0 aromatic heterocycles. The van der Waals surface area contributed by atoms with Crippen LogP contribution >= 0.6 is 0 Å². The highest BCUT2D eigenvalue weighted by atomic mass is 16.2. The molecule has 5 heteroatoms. The molecule has 0 bridgehead atoms. The Balaban J connectivity index is 2.48. The number of hydrogen-bond donors (Lipinski definition) is 0. The second-order valence-corrected chi connectivity index (χ2v) is 5.06. The van der Waals surface area contributed by atoms with Crippen LogP contribution in [0.1, 0.15) is 27.7 Å². The molecule has 104 valence electrons. The van der Waals surface area contributed by atoms with E-state index in [1.54, 1.807) is 4.90 Å². The second-order valence-electron chi connectivity index (χ2n) is 5.06. The SMILES string of the molecule is CCN1CCN(C(=O)CN(C(C)=O)C(C)C)CC1. The molecule has 18 heavy (non-hydrogen) atoms. The summed E-state index contributed by atoms with van der Waals surface area (Å²) in [6.45, 7) is 12.2. The van der Waals surface area contributed by atoms with Gasteiger partial charge in [-0.2, -0.15) is 0 Å². The van der Waals surface area contributed by atoms with E-state index in [1.165, 1.54) is 6.92 Å². The molecule has 1 aliphatic heterocycles. The summed E-state index contributed by atoms with van der Waals surface area (Å²) in [5.41, 5.74) is 0. The van der Waals surface area contributed by atoms with Crippen LogP contribution in [0.2, 0.25) is 0 Å². The molecule has 0 spiro atoms. The normalized spacial score (nSPS) is 17.1. The molecule has 1 heterocycles. The molecule has 1 aliphatic rings. The van der Waals surface area contributed by atoms with Gasteiger partial charge in [-0.05, 0) is 20.4 Å². The van der Waals surface area contributed by atoms with Crippen molar-refractivity contribution in [1.29, 1.82) is 0 Å². The maximum Gasteiger partial charge on any atom is 0.242 e. The van der Waals surface area contributed by atoms with E-state index < -0.39 is 0 Å². The van der Waals surface area contributed by atoms with E-state index in [2.05, 4.69) is 11.8 Å². The fraction of sp³-hybridized carbons (Fsp3) is 0.846. The number of rotatable bonds is 4. The predicted molar refractivity (Wildman–Crippen MR) is 71.2 cm³/mol. The van der Waals surface area contributed by atoms with Crippen LogP contribution in [0.15, 0.2) is 0 Å². The molecule has 1 fully saturated rings. The fourth-order valence-electron chi connectivity index (χ4n) is 2.22. The number of amides is 2. The van der Waals surface area contributed by atoms with Crippen molar-refractivity contribution in [2.24, 2.45) is 0 Å². The third-order valence-corrected chi connectivity index (χ3v) is 3.51. The molecule has 0 aromatic rings. The minimum absolute atomic E-state index is 0.0365. The third kappa shape index (κ3) is 3.98. The molecule has 0 aliphatic carbocycles. The first-order valence-electron chi connectivity index (χ1n) is 6.73. The van der Waals surface area contributed by atoms with Crippen molar-refractivity contribution in [3.8, 4) is 0 Å². The van der Waals surface area contributed by atoms with Crippen LogP contribution < -0.4 is 0 Å². The highest BCUT2D eigenvalue weighted by molar-refractivity contribution is 5.84. The lowest BCUT2D eigenvalue weighted by Gasteiger charge is -2.35. The van der Waals surface area contributed by atoms with Gasteiger partial charge in [0.15, 0.2) is 0 Å². The van der Waals surface area contributed by atoms with E-state index in [-0.39, 0.29) is 24.4 Å². The molecule has 0 aromatic carbocycles. The van der Waals surface area contributed by atoms with Gasteiger partial charge in [0.05, 0.1) is 6.54 Å². The maximum atomic E-state index is 12.1. The van der Waals surface area contributed by atoms with E-state index in [4.69, 9.17) is 0 Å². The zero-order valence-corrected chi connectivity index (χ0v) is 12.0. The Morgan fingerprint density at radius 3 is 2.11 bits per heavy atom. The van der Waals surface area contributed by atoms with Crippen molar-refractivity contribution in [2.75, 3.05) is 39.3 Å². The van der Waals surface area contributed by atoms with Gasteiger partial charge < -0.3 is 14.7 Å². The summed E-state index contributed by atoms with van der Waals surface area (Å²) < 4.78 is 0. The Morgan fingerprint density at radius 1 is 1.17 bits per heavy atom. The average Bonchev–Trinajstić information content (AvgIpc) is 2.35.